The Kier molecular flexibility index (Phi) is 2.90. The lowest BCUT2D eigenvalue weighted by Crippen LogP contribution is -2.35. The molecule has 0 radical (unpaired) electrons. The van der Waals surface area contributed by atoms with Crippen LogP contribution in [0.15, 0.2) is 17.2 Å². The Morgan fingerprint density at radius 2 is 2.32 bits per heavy atom. The van der Waals surface area contributed by atoms with Gasteiger partial charge in [0.25, 0.3) is 5.56 Å². The van der Waals surface area contributed by atoms with Crippen LogP contribution < -0.4 is 5.56 Å². The number of aryl methyl sites for hydroxylation is 1. The maximum Gasteiger partial charge on any atom is 0.271 e. The fraction of sp³-hybridized carbons (Fsp3) is 0.438. The topological polar surface area (TPSA) is 57.0 Å². The Bertz CT molecular complexity index is 959. The zero-order chi connectivity index (χ0) is 15.5. The fourth-order valence-corrected chi connectivity index (χ4v) is 3.99. The molecular weight excluding hydrogens is 298 g/mol. The summed E-state index contributed by atoms with van der Waals surface area (Å²) >= 11 is 1.44. The van der Waals surface area contributed by atoms with Gasteiger partial charge in [0.15, 0.2) is 0 Å². The molecule has 1 aliphatic rings. The van der Waals surface area contributed by atoms with E-state index < -0.39 is 0 Å². The third-order valence-corrected chi connectivity index (χ3v) is 5.64. The predicted molar refractivity (Wildman–Crippen MR) is 87.4 cm³/mol. The Balaban J connectivity index is 1.98. The van der Waals surface area contributed by atoms with Crippen LogP contribution in [0.25, 0.3) is 20.4 Å². The van der Waals surface area contributed by atoms with Crippen molar-refractivity contribution in [1.82, 2.24) is 14.5 Å². The Labute approximate surface area is 131 Å². The molecule has 0 aromatic carbocycles. The number of rotatable bonds is 1. The zero-order valence-electron chi connectivity index (χ0n) is 12.8. The molecule has 1 atom stereocenters. The molecule has 0 unspecified atom stereocenters. The minimum atomic E-state index is -0.140. The molecule has 5 nitrogen and oxygen atoms in total. The van der Waals surface area contributed by atoms with Gasteiger partial charge in [-0.05, 0) is 19.4 Å². The van der Waals surface area contributed by atoms with Crippen molar-refractivity contribution in [3.8, 4) is 0 Å². The van der Waals surface area contributed by atoms with Crippen LogP contribution in [0.2, 0.25) is 0 Å². The van der Waals surface area contributed by atoms with Crippen LogP contribution in [0, 0.1) is 0 Å². The molecule has 0 aliphatic carbocycles. The van der Waals surface area contributed by atoms with Gasteiger partial charge in [0.2, 0.25) is 0 Å². The highest BCUT2D eigenvalue weighted by Crippen LogP contribution is 2.35. The molecule has 0 N–H and O–H groups in total. The lowest BCUT2D eigenvalue weighted by Gasteiger charge is -2.33. The third kappa shape index (κ3) is 1.90. The molecule has 0 amide bonds. The lowest BCUT2D eigenvalue weighted by atomic mass is 9.91. The van der Waals surface area contributed by atoms with Crippen molar-refractivity contribution >= 4 is 31.8 Å². The normalized spacial score (nSPS) is 21.4. The van der Waals surface area contributed by atoms with Gasteiger partial charge < -0.3 is 9.30 Å². The van der Waals surface area contributed by atoms with E-state index in [1.807, 2.05) is 0 Å². The average molecular weight is 315 g/mol. The van der Waals surface area contributed by atoms with Crippen molar-refractivity contribution in [1.29, 1.82) is 0 Å². The van der Waals surface area contributed by atoms with Crippen molar-refractivity contribution in [2.45, 2.75) is 38.9 Å². The van der Waals surface area contributed by atoms with Gasteiger partial charge in [-0.1, -0.05) is 6.92 Å². The third-order valence-electron chi connectivity index (χ3n) is 4.57. The van der Waals surface area contributed by atoms with Crippen molar-refractivity contribution in [2.24, 2.45) is 7.05 Å². The number of pyridine rings is 1. The first kappa shape index (κ1) is 13.8. The van der Waals surface area contributed by atoms with Gasteiger partial charge in [-0.2, -0.15) is 0 Å². The van der Waals surface area contributed by atoms with Gasteiger partial charge in [-0.15, -0.1) is 11.3 Å². The largest absolute Gasteiger partial charge is 0.370 e. The molecule has 3 aromatic heterocycles. The summed E-state index contributed by atoms with van der Waals surface area (Å²) in [7, 11) is 1.72. The number of nitrogens with zero attached hydrogens (tertiary/aromatic N) is 3. The van der Waals surface area contributed by atoms with Crippen LogP contribution in [0.3, 0.4) is 0 Å². The fourth-order valence-electron chi connectivity index (χ4n) is 2.88. The summed E-state index contributed by atoms with van der Waals surface area (Å²) in [5.74, 6) is 0. The summed E-state index contributed by atoms with van der Waals surface area (Å²) in [5, 5.41) is 0.958. The molecule has 0 bridgehead atoms. The highest BCUT2D eigenvalue weighted by atomic mass is 32.1. The van der Waals surface area contributed by atoms with Crippen molar-refractivity contribution < 1.29 is 4.74 Å². The van der Waals surface area contributed by atoms with Crippen LogP contribution in [0.4, 0.5) is 0 Å². The van der Waals surface area contributed by atoms with E-state index in [2.05, 4.69) is 24.9 Å². The van der Waals surface area contributed by atoms with Crippen LogP contribution in [-0.4, -0.2) is 20.1 Å². The summed E-state index contributed by atoms with van der Waals surface area (Å²) in [4.78, 5) is 22.4. The minimum absolute atomic E-state index is 0.0133. The second kappa shape index (κ2) is 4.60. The highest BCUT2D eigenvalue weighted by molar-refractivity contribution is 7.25. The summed E-state index contributed by atoms with van der Waals surface area (Å²) in [5.41, 5.74) is 2.80. The molecular formula is C16H17N3O2S. The molecule has 6 heteroatoms. The van der Waals surface area contributed by atoms with Crippen molar-refractivity contribution in [3.05, 3.63) is 34.0 Å². The van der Waals surface area contributed by atoms with E-state index in [9.17, 15) is 4.79 Å². The summed E-state index contributed by atoms with van der Waals surface area (Å²) in [6, 6.07) is 2.10. The van der Waals surface area contributed by atoms with E-state index in [1.165, 1.54) is 15.9 Å². The molecule has 4 rings (SSSR count). The monoisotopic (exact) mass is 315 g/mol. The van der Waals surface area contributed by atoms with E-state index in [0.29, 0.717) is 11.3 Å². The molecule has 1 aliphatic heterocycles. The van der Waals surface area contributed by atoms with Gasteiger partial charge in [-0.3, -0.25) is 4.79 Å². The smallest absolute Gasteiger partial charge is 0.271 e. The van der Waals surface area contributed by atoms with Gasteiger partial charge in [0, 0.05) is 24.4 Å². The number of thiophene rings is 1. The summed E-state index contributed by atoms with van der Waals surface area (Å²) in [6.45, 7) is 4.84. The SMILES string of the molecule is CC[C@]1(C)Cc2nc3sc4c(=O)n(C)cnc4c3cc2CO1. The van der Waals surface area contributed by atoms with Gasteiger partial charge >= 0.3 is 0 Å². The van der Waals surface area contributed by atoms with E-state index in [1.54, 1.807) is 13.4 Å². The van der Waals surface area contributed by atoms with Gasteiger partial charge in [0.05, 0.1) is 29.7 Å². The number of hydrogen-bond donors (Lipinski definition) is 0. The molecule has 114 valence electrons. The van der Waals surface area contributed by atoms with Crippen LogP contribution in [0.5, 0.6) is 0 Å². The second-order valence-electron chi connectivity index (χ2n) is 6.16. The van der Waals surface area contributed by atoms with E-state index in [0.717, 1.165) is 39.8 Å². The highest BCUT2D eigenvalue weighted by Gasteiger charge is 2.30. The number of fused-ring (bicyclic) bond motifs is 4. The minimum Gasteiger partial charge on any atom is -0.370 e. The molecule has 3 aromatic rings. The van der Waals surface area contributed by atoms with Crippen LogP contribution in [0.1, 0.15) is 31.5 Å². The Morgan fingerprint density at radius 3 is 3.09 bits per heavy atom. The van der Waals surface area contributed by atoms with Gasteiger partial charge in [0.1, 0.15) is 9.53 Å². The quantitative estimate of drug-likeness (QED) is 0.693. The zero-order valence-corrected chi connectivity index (χ0v) is 13.7. The molecule has 4 heterocycles. The maximum atomic E-state index is 12.2. The Morgan fingerprint density at radius 1 is 1.50 bits per heavy atom. The maximum absolute atomic E-state index is 12.2. The second-order valence-corrected chi connectivity index (χ2v) is 7.16. The van der Waals surface area contributed by atoms with Crippen molar-refractivity contribution in [3.63, 3.8) is 0 Å². The molecule has 0 saturated carbocycles. The number of hydrogen-bond acceptors (Lipinski definition) is 5. The predicted octanol–water partition coefficient (Wildman–Crippen LogP) is 2.78. The van der Waals surface area contributed by atoms with E-state index in [4.69, 9.17) is 9.72 Å². The first-order valence-electron chi connectivity index (χ1n) is 7.41. The molecule has 0 fully saturated rings. The molecule has 0 saturated heterocycles. The summed E-state index contributed by atoms with van der Waals surface area (Å²) < 4.78 is 8.18. The average Bonchev–Trinajstić information content (AvgIpc) is 2.87. The Hall–Kier alpha value is -1.79. The number of ether oxygens (including phenoxy) is 1. The first-order valence-corrected chi connectivity index (χ1v) is 8.23. The molecule has 22 heavy (non-hydrogen) atoms. The molecule has 0 spiro atoms. The van der Waals surface area contributed by atoms with E-state index >= 15 is 0 Å². The van der Waals surface area contributed by atoms with Crippen LogP contribution >= 0.6 is 11.3 Å². The lowest BCUT2D eigenvalue weighted by molar-refractivity contribution is -0.0573. The standard InChI is InChI=1S/C16H17N3O2S/c1-4-16(2)6-11-9(7-21-16)5-10-12-13(22-14(10)18-11)15(20)19(3)8-17-12/h5,8H,4,6-7H2,1-3H3/t16-/m1/s1. The first-order chi connectivity index (χ1) is 10.5. The van der Waals surface area contributed by atoms with Gasteiger partial charge in [-0.25, -0.2) is 9.97 Å². The van der Waals surface area contributed by atoms with E-state index in [-0.39, 0.29) is 11.2 Å². The summed E-state index contributed by atoms with van der Waals surface area (Å²) in [6.07, 6.45) is 3.34. The number of aromatic nitrogens is 3. The van der Waals surface area contributed by atoms with Crippen LogP contribution in [-0.2, 0) is 24.8 Å². The van der Waals surface area contributed by atoms with Crippen molar-refractivity contribution in [2.75, 3.05) is 0 Å².